The van der Waals surface area contributed by atoms with Crippen molar-refractivity contribution in [3.8, 4) is 11.5 Å². The van der Waals surface area contributed by atoms with Gasteiger partial charge in [-0.2, -0.15) is 0 Å². The fourth-order valence-corrected chi connectivity index (χ4v) is 4.44. The number of hydrogen-bond donors (Lipinski definition) is 0. The molecule has 5 rings (SSSR count). The lowest BCUT2D eigenvalue weighted by Gasteiger charge is -2.31. The Labute approximate surface area is 178 Å². The van der Waals surface area contributed by atoms with Gasteiger partial charge in [0.05, 0.1) is 17.2 Å². The summed E-state index contributed by atoms with van der Waals surface area (Å²) >= 11 is 3.43. The highest BCUT2D eigenvalue weighted by molar-refractivity contribution is 9.10. The van der Waals surface area contributed by atoms with Crippen molar-refractivity contribution in [2.75, 3.05) is 19.9 Å². The second-order valence-electron chi connectivity index (χ2n) is 7.79. The van der Waals surface area contributed by atoms with E-state index in [9.17, 15) is 4.79 Å². The average molecular weight is 456 g/mol. The standard InChI is InChI=1S/C23H22BrNO4/c1-14-9-19-18(12-25(13-28-19)11-17-3-2-8-27-17)23-21(14)22(26)20(29-23)10-15-4-6-16(24)7-5-15/h4-7,9-10,17H,2-3,8,11-13H2,1H3/b20-10-. The number of Topliss-reactive ketones (excluding diaryl/α,β-unsaturated/α-hetero) is 1. The number of hydrogen-bond acceptors (Lipinski definition) is 5. The molecule has 2 aromatic rings. The number of ketones is 1. The lowest BCUT2D eigenvalue weighted by Crippen LogP contribution is -2.37. The van der Waals surface area contributed by atoms with Crippen molar-refractivity contribution in [1.29, 1.82) is 0 Å². The molecule has 0 saturated carbocycles. The Morgan fingerprint density at radius 3 is 2.86 bits per heavy atom. The number of nitrogens with zero attached hydrogens (tertiary/aromatic N) is 1. The SMILES string of the molecule is Cc1cc2c(c3c1C(=O)/C(=C/c1ccc(Br)cc1)O3)CN(CC1CCCO1)CO2. The summed E-state index contributed by atoms with van der Waals surface area (Å²) in [6, 6.07) is 9.75. The zero-order valence-corrected chi connectivity index (χ0v) is 17.8. The van der Waals surface area contributed by atoms with Crippen LogP contribution in [-0.2, 0) is 11.3 Å². The first-order chi connectivity index (χ1) is 14.1. The number of allylic oxidation sites excluding steroid dienone is 1. The van der Waals surface area contributed by atoms with Crippen LogP contribution in [0, 0.1) is 6.92 Å². The van der Waals surface area contributed by atoms with Crippen molar-refractivity contribution in [2.24, 2.45) is 0 Å². The number of fused-ring (bicyclic) bond motifs is 3. The molecular formula is C23H22BrNO4. The van der Waals surface area contributed by atoms with E-state index in [2.05, 4.69) is 20.8 Å². The quantitative estimate of drug-likeness (QED) is 0.627. The minimum Gasteiger partial charge on any atom is -0.478 e. The molecule has 3 aliphatic heterocycles. The van der Waals surface area contributed by atoms with Gasteiger partial charge in [-0.25, -0.2) is 0 Å². The molecule has 5 nitrogen and oxygen atoms in total. The van der Waals surface area contributed by atoms with E-state index in [1.807, 2.05) is 37.3 Å². The molecule has 3 aliphatic rings. The second-order valence-corrected chi connectivity index (χ2v) is 8.70. The fraction of sp³-hybridized carbons (Fsp3) is 0.348. The van der Waals surface area contributed by atoms with Crippen LogP contribution in [0.3, 0.4) is 0 Å². The van der Waals surface area contributed by atoms with Gasteiger partial charge in [-0.05, 0) is 55.2 Å². The minimum atomic E-state index is -0.0699. The summed E-state index contributed by atoms with van der Waals surface area (Å²) in [5.74, 6) is 1.74. The summed E-state index contributed by atoms with van der Waals surface area (Å²) in [4.78, 5) is 15.3. The molecule has 1 unspecified atom stereocenters. The van der Waals surface area contributed by atoms with Crippen LogP contribution in [-0.4, -0.2) is 36.7 Å². The Kier molecular flexibility index (Phi) is 4.94. The lowest BCUT2D eigenvalue weighted by atomic mass is 9.98. The Bertz CT molecular complexity index is 993. The molecule has 0 spiro atoms. The molecule has 150 valence electrons. The summed E-state index contributed by atoms with van der Waals surface area (Å²) in [6.45, 7) is 4.83. The monoisotopic (exact) mass is 455 g/mol. The molecule has 0 radical (unpaired) electrons. The fourth-order valence-electron chi connectivity index (χ4n) is 4.18. The van der Waals surface area contributed by atoms with Crippen LogP contribution in [0.4, 0.5) is 0 Å². The third-order valence-corrected chi connectivity index (χ3v) is 6.17. The smallest absolute Gasteiger partial charge is 0.232 e. The van der Waals surface area contributed by atoms with E-state index in [0.717, 1.165) is 52.9 Å². The number of carbonyl (C=O) groups excluding carboxylic acids is 1. The van der Waals surface area contributed by atoms with Gasteiger partial charge >= 0.3 is 0 Å². The van der Waals surface area contributed by atoms with Crippen LogP contribution < -0.4 is 9.47 Å². The van der Waals surface area contributed by atoms with Crippen LogP contribution in [0.1, 0.15) is 39.9 Å². The van der Waals surface area contributed by atoms with Gasteiger partial charge in [0.1, 0.15) is 18.2 Å². The summed E-state index contributed by atoms with van der Waals surface area (Å²) in [6.07, 6.45) is 4.26. The van der Waals surface area contributed by atoms with Crippen LogP contribution >= 0.6 is 15.9 Å². The predicted molar refractivity (Wildman–Crippen MR) is 113 cm³/mol. The first-order valence-corrected chi connectivity index (χ1v) is 10.7. The van der Waals surface area contributed by atoms with Crippen LogP contribution in [0.5, 0.6) is 11.5 Å². The maximum atomic E-state index is 13.1. The number of rotatable bonds is 3. The highest BCUT2D eigenvalue weighted by atomic mass is 79.9. The molecule has 0 bridgehead atoms. The topological polar surface area (TPSA) is 48.0 Å². The van der Waals surface area contributed by atoms with E-state index in [-0.39, 0.29) is 11.9 Å². The van der Waals surface area contributed by atoms with E-state index >= 15 is 0 Å². The Balaban J connectivity index is 1.45. The molecule has 6 heteroatoms. The van der Waals surface area contributed by atoms with Crippen molar-refractivity contribution >= 4 is 27.8 Å². The minimum absolute atomic E-state index is 0.0699. The van der Waals surface area contributed by atoms with Gasteiger partial charge < -0.3 is 14.2 Å². The number of carbonyl (C=O) groups is 1. The molecule has 0 aliphatic carbocycles. The first-order valence-electron chi connectivity index (χ1n) is 9.91. The second kappa shape index (κ2) is 7.59. The van der Waals surface area contributed by atoms with Gasteiger partial charge in [-0.3, -0.25) is 9.69 Å². The van der Waals surface area contributed by atoms with E-state index < -0.39 is 0 Å². The third-order valence-electron chi connectivity index (χ3n) is 5.64. The molecule has 0 N–H and O–H groups in total. The molecule has 3 heterocycles. The molecule has 1 fully saturated rings. The molecule has 29 heavy (non-hydrogen) atoms. The normalized spacial score (nSPS) is 22.3. The van der Waals surface area contributed by atoms with Gasteiger partial charge in [0.2, 0.25) is 5.78 Å². The van der Waals surface area contributed by atoms with Crippen molar-refractivity contribution in [3.05, 3.63) is 62.8 Å². The number of ether oxygens (including phenoxy) is 3. The lowest BCUT2D eigenvalue weighted by molar-refractivity contribution is 0.0273. The molecule has 1 atom stereocenters. The van der Waals surface area contributed by atoms with Crippen LogP contribution in [0.15, 0.2) is 40.6 Å². The summed E-state index contributed by atoms with van der Waals surface area (Å²) in [5.41, 5.74) is 3.40. The largest absolute Gasteiger partial charge is 0.478 e. The Morgan fingerprint density at radius 2 is 2.10 bits per heavy atom. The Hall–Kier alpha value is -2.15. The van der Waals surface area contributed by atoms with E-state index in [1.54, 1.807) is 6.08 Å². The average Bonchev–Trinajstić information content (AvgIpc) is 3.33. The van der Waals surface area contributed by atoms with Gasteiger partial charge in [-0.15, -0.1) is 0 Å². The van der Waals surface area contributed by atoms with E-state index in [0.29, 0.717) is 30.3 Å². The number of halogens is 1. The maximum Gasteiger partial charge on any atom is 0.232 e. The first kappa shape index (κ1) is 18.9. The van der Waals surface area contributed by atoms with Crippen molar-refractivity contribution in [3.63, 3.8) is 0 Å². The van der Waals surface area contributed by atoms with Gasteiger partial charge in [0.15, 0.2) is 5.76 Å². The van der Waals surface area contributed by atoms with Crippen LogP contribution in [0.2, 0.25) is 0 Å². The van der Waals surface area contributed by atoms with Crippen LogP contribution in [0.25, 0.3) is 6.08 Å². The zero-order valence-electron chi connectivity index (χ0n) is 16.2. The van der Waals surface area contributed by atoms with Gasteiger partial charge in [0.25, 0.3) is 0 Å². The number of aryl methyl sites for hydroxylation is 1. The third kappa shape index (κ3) is 3.61. The summed E-state index contributed by atoms with van der Waals surface area (Å²) < 4.78 is 18.9. The van der Waals surface area contributed by atoms with Crippen molar-refractivity contribution in [2.45, 2.75) is 32.4 Å². The molecule has 0 amide bonds. The summed E-state index contributed by atoms with van der Waals surface area (Å²) in [5, 5.41) is 0. The van der Waals surface area contributed by atoms with Crippen molar-refractivity contribution < 1.29 is 19.0 Å². The predicted octanol–water partition coefficient (Wildman–Crippen LogP) is 4.70. The van der Waals surface area contributed by atoms with E-state index in [1.165, 1.54) is 0 Å². The summed E-state index contributed by atoms with van der Waals surface area (Å²) in [7, 11) is 0. The molecule has 1 saturated heterocycles. The highest BCUT2D eigenvalue weighted by Crippen LogP contribution is 2.44. The molecule has 2 aromatic carbocycles. The van der Waals surface area contributed by atoms with Gasteiger partial charge in [-0.1, -0.05) is 28.1 Å². The number of benzene rings is 2. The Morgan fingerprint density at radius 1 is 1.28 bits per heavy atom. The van der Waals surface area contributed by atoms with E-state index in [4.69, 9.17) is 14.2 Å². The zero-order chi connectivity index (χ0) is 20.0. The van der Waals surface area contributed by atoms with Gasteiger partial charge in [0, 0.05) is 24.2 Å². The molecule has 0 aromatic heterocycles. The maximum absolute atomic E-state index is 13.1. The highest BCUT2D eigenvalue weighted by Gasteiger charge is 2.36. The van der Waals surface area contributed by atoms with Crippen molar-refractivity contribution in [1.82, 2.24) is 4.90 Å². The molecular weight excluding hydrogens is 434 g/mol.